The molecule has 0 amide bonds. The quantitative estimate of drug-likeness (QED) is 0.741. The molecule has 1 unspecified atom stereocenters. The molecule has 10 heteroatoms. The van der Waals surface area contributed by atoms with E-state index in [-0.39, 0.29) is 17.4 Å². The monoisotopic (exact) mass is 341 g/mol. The van der Waals surface area contributed by atoms with Gasteiger partial charge in [0, 0.05) is 31.9 Å². The molecular formula is C13H19N5O4S. The third-order valence-electron chi connectivity index (χ3n) is 3.21. The molecule has 1 atom stereocenters. The number of aliphatic carboxylic acids is 1. The fourth-order valence-electron chi connectivity index (χ4n) is 1.99. The van der Waals surface area contributed by atoms with Gasteiger partial charge in [-0.3, -0.25) is 14.2 Å². The Hall–Kier alpha value is -2.20. The third kappa shape index (κ3) is 4.17. The molecule has 9 nitrogen and oxygen atoms in total. The van der Waals surface area contributed by atoms with Gasteiger partial charge in [0.2, 0.25) is 10.0 Å². The van der Waals surface area contributed by atoms with Crippen LogP contribution in [0.1, 0.15) is 25.5 Å². The minimum absolute atomic E-state index is 0.000715. The summed E-state index contributed by atoms with van der Waals surface area (Å²) < 4.78 is 29.9. The van der Waals surface area contributed by atoms with E-state index in [1.165, 1.54) is 28.0 Å². The lowest BCUT2D eigenvalue weighted by Crippen LogP contribution is -2.42. The van der Waals surface area contributed by atoms with Crippen molar-refractivity contribution in [1.82, 2.24) is 24.3 Å². The van der Waals surface area contributed by atoms with Crippen LogP contribution in [0.25, 0.3) is 0 Å². The van der Waals surface area contributed by atoms with Crippen LogP contribution in [0.3, 0.4) is 0 Å². The summed E-state index contributed by atoms with van der Waals surface area (Å²) in [7, 11) is -2.27. The highest BCUT2D eigenvalue weighted by Crippen LogP contribution is 2.12. The van der Waals surface area contributed by atoms with E-state index >= 15 is 0 Å². The van der Waals surface area contributed by atoms with Gasteiger partial charge in [0.1, 0.15) is 10.9 Å². The van der Waals surface area contributed by atoms with Crippen molar-refractivity contribution in [2.24, 2.45) is 7.05 Å². The van der Waals surface area contributed by atoms with Crippen LogP contribution < -0.4 is 4.72 Å². The van der Waals surface area contributed by atoms with Crippen LogP contribution in [0.2, 0.25) is 0 Å². The summed E-state index contributed by atoms with van der Waals surface area (Å²) >= 11 is 0. The van der Waals surface area contributed by atoms with Crippen LogP contribution >= 0.6 is 0 Å². The SMILES string of the molecule is CC(C)n1cc(S(=O)(=O)NC(Cc2cnn(C)c2)C(=O)O)cn1. The number of hydrogen-bond donors (Lipinski definition) is 2. The van der Waals surface area contributed by atoms with Crippen molar-refractivity contribution in [3.05, 3.63) is 30.4 Å². The molecule has 0 spiro atoms. The van der Waals surface area contributed by atoms with E-state index < -0.39 is 22.0 Å². The number of aryl methyl sites for hydroxylation is 1. The minimum Gasteiger partial charge on any atom is -0.480 e. The van der Waals surface area contributed by atoms with Crippen molar-refractivity contribution < 1.29 is 18.3 Å². The van der Waals surface area contributed by atoms with Crippen LogP contribution in [-0.4, -0.2) is 45.1 Å². The van der Waals surface area contributed by atoms with Gasteiger partial charge in [-0.15, -0.1) is 0 Å². The van der Waals surface area contributed by atoms with Gasteiger partial charge in [-0.1, -0.05) is 0 Å². The Morgan fingerprint density at radius 3 is 2.48 bits per heavy atom. The van der Waals surface area contributed by atoms with E-state index in [0.717, 1.165) is 0 Å². The van der Waals surface area contributed by atoms with E-state index in [0.29, 0.717) is 5.56 Å². The predicted molar refractivity (Wildman–Crippen MR) is 81.3 cm³/mol. The number of hydrogen-bond acceptors (Lipinski definition) is 5. The Kier molecular flexibility index (Phi) is 4.85. The number of carboxylic acid groups (broad SMARTS) is 1. The third-order valence-corrected chi connectivity index (χ3v) is 4.64. The summed E-state index contributed by atoms with van der Waals surface area (Å²) in [4.78, 5) is 11.3. The molecule has 2 aromatic rings. The second-order valence-electron chi connectivity index (χ2n) is 5.49. The van der Waals surface area contributed by atoms with Gasteiger partial charge in [0.25, 0.3) is 0 Å². The molecule has 0 aromatic carbocycles. The Morgan fingerprint density at radius 1 is 1.30 bits per heavy atom. The van der Waals surface area contributed by atoms with Crippen molar-refractivity contribution >= 4 is 16.0 Å². The molecule has 0 saturated heterocycles. The summed E-state index contributed by atoms with van der Waals surface area (Å²) in [6.45, 7) is 3.72. The van der Waals surface area contributed by atoms with E-state index in [4.69, 9.17) is 0 Å². The van der Waals surface area contributed by atoms with Gasteiger partial charge in [-0.25, -0.2) is 8.42 Å². The summed E-state index contributed by atoms with van der Waals surface area (Å²) in [5.41, 5.74) is 0.625. The highest BCUT2D eigenvalue weighted by molar-refractivity contribution is 7.89. The van der Waals surface area contributed by atoms with Crippen molar-refractivity contribution in [2.45, 2.75) is 37.2 Å². The number of nitrogens with one attached hydrogen (secondary N) is 1. The second kappa shape index (κ2) is 6.50. The second-order valence-corrected chi connectivity index (χ2v) is 7.20. The average molecular weight is 341 g/mol. The first kappa shape index (κ1) is 17.2. The molecule has 2 rings (SSSR count). The van der Waals surface area contributed by atoms with Crippen LogP contribution in [0.15, 0.2) is 29.7 Å². The fourth-order valence-corrected chi connectivity index (χ4v) is 3.12. The van der Waals surface area contributed by atoms with Gasteiger partial charge < -0.3 is 5.11 Å². The molecule has 2 aromatic heterocycles. The van der Waals surface area contributed by atoms with Crippen molar-refractivity contribution in [2.75, 3.05) is 0 Å². The first-order chi connectivity index (χ1) is 10.7. The van der Waals surface area contributed by atoms with Crippen LogP contribution in [0, 0.1) is 0 Å². The zero-order valence-corrected chi connectivity index (χ0v) is 13.9. The lowest BCUT2D eigenvalue weighted by Gasteiger charge is -2.13. The molecular weight excluding hydrogens is 322 g/mol. The van der Waals surface area contributed by atoms with Gasteiger partial charge in [0.05, 0.1) is 12.4 Å². The first-order valence-electron chi connectivity index (χ1n) is 6.96. The molecule has 0 aliphatic carbocycles. The summed E-state index contributed by atoms with van der Waals surface area (Å²) in [5, 5.41) is 17.2. The lowest BCUT2D eigenvalue weighted by molar-refractivity contribution is -0.138. The maximum Gasteiger partial charge on any atom is 0.322 e. The minimum atomic E-state index is -3.97. The zero-order chi connectivity index (χ0) is 17.2. The number of carboxylic acids is 1. The first-order valence-corrected chi connectivity index (χ1v) is 8.44. The topological polar surface area (TPSA) is 119 Å². The van der Waals surface area contributed by atoms with Crippen molar-refractivity contribution in [3.63, 3.8) is 0 Å². The van der Waals surface area contributed by atoms with Gasteiger partial charge in [0.15, 0.2) is 0 Å². The smallest absolute Gasteiger partial charge is 0.322 e. The number of rotatable bonds is 7. The molecule has 0 saturated carbocycles. The largest absolute Gasteiger partial charge is 0.480 e. The summed E-state index contributed by atoms with van der Waals surface area (Å²) in [5.74, 6) is -1.26. The average Bonchev–Trinajstić information content (AvgIpc) is 3.07. The highest BCUT2D eigenvalue weighted by atomic mass is 32.2. The fraction of sp³-hybridized carbons (Fsp3) is 0.462. The number of aromatic nitrogens is 4. The van der Waals surface area contributed by atoms with Gasteiger partial charge in [-0.2, -0.15) is 14.9 Å². The van der Waals surface area contributed by atoms with E-state index in [2.05, 4.69) is 14.9 Å². The van der Waals surface area contributed by atoms with E-state index in [1.54, 1.807) is 13.2 Å². The molecule has 2 N–H and O–H groups in total. The lowest BCUT2D eigenvalue weighted by atomic mass is 10.1. The van der Waals surface area contributed by atoms with E-state index in [9.17, 15) is 18.3 Å². The normalized spacial score (nSPS) is 13.4. The predicted octanol–water partition coefficient (Wildman–Crippen LogP) is 0.172. The van der Waals surface area contributed by atoms with Crippen LogP contribution in [0.4, 0.5) is 0 Å². The molecule has 0 aliphatic heterocycles. The standard InChI is InChI=1S/C13H19N5O4S/c1-9(2)18-8-11(6-15-18)23(21,22)16-12(13(19)20)4-10-5-14-17(3)7-10/h5-9,12,16H,4H2,1-3H3,(H,19,20). The summed E-state index contributed by atoms with van der Waals surface area (Å²) in [6, 6.07) is -1.28. The van der Waals surface area contributed by atoms with Crippen LogP contribution in [-0.2, 0) is 28.3 Å². The molecule has 0 fully saturated rings. The Bertz CT molecular complexity index is 793. The molecule has 0 aliphatic rings. The molecule has 0 bridgehead atoms. The van der Waals surface area contributed by atoms with Gasteiger partial charge in [-0.05, 0) is 19.4 Å². The van der Waals surface area contributed by atoms with Crippen LogP contribution in [0.5, 0.6) is 0 Å². The molecule has 126 valence electrons. The Morgan fingerprint density at radius 2 is 2.00 bits per heavy atom. The molecule has 2 heterocycles. The zero-order valence-electron chi connectivity index (χ0n) is 13.0. The van der Waals surface area contributed by atoms with Crippen molar-refractivity contribution in [1.29, 1.82) is 0 Å². The van der Waals surface area contributed by atoms with Gasteiger partial charge >= 0.3 is 5.97 Å². The molecule has 23 heavy (non-hydrogen) atoms. The molecule has 0 radical (unpaired) electrons. The number of sulfonamides is 1. The number of carbonyl (C=O) groups is 1. The van der Waals surface area contributed by atoms with E-state index in [1.807, 2.05) is 13.8 Å². The highest BCUT2D eigenvalue weighted by Gasteiger charge is 2.27. The maximum absolute atomic E-state index is 12.3. The number of nitrogens with zero attached hydrogens (tertiary/aromatic N) is 4. The summed E-state index contributed by atoms with van der Waals surface area (Å²) in [6.07, 6.45) is 5.71. The Balaban J connectivity index is 2.18. The Labute approximate surface area is 134 Å². The van der Waals surface area contributed by atoms with Crippen molar-refractivity contribution in [3.8, 4) is 0 Å². The maximum atomic E-state index is 12.3.